The van der Waals surface area contributed by atoms with Gasteiger partial charge >= 0.3 is 0 Å². The van der Waals surface area contributed by atoms with Gasteiger partial charge in [-0.2, -0.15) is 0 Å². The first-order valence-corrected chi connectivity index (χ1v) is 3.83. The van der Waals surface area contributed by atoms with E-state index in [0.717, 1.165) is 6.61 Å². The van der Waals surface area contributed by atoms with E-state index in [2.05, 4.69) is 14.8 Å². The molecule has 14 heavy (non-hydrogen) atoms. The molecule has 5 atom stereocenters. The third-order valence-corrected chi connectivity index (χ3v) is 1.88. The van der Waals surface area contributed by atoms with E-state index in [1.165, 1.54) is 0 Å². The van der Waals surface area contributed by atoms with Gasteiger partial charge in [0.2, 0.25) is 0 Å². The fourth-order valence-electron chi connectivity index (χ4n) is 1.09. The summed E-state index contributed by atoms with van der Waals surface area (Å²) in [7, 11) is 0. The van der Waals surface area contributed by atoms with Crippen molar-refractivity contribution in [1.29, 1.82) is 0 Å². The van der Waals surface area contributed by atoms with Crippen LogP contribution in [0.1, 0.15) is 0 Å². The van der Waals surface area contributed by atoms with E-state index < -0.39 is 30.6 Å². The minimum Gasteiger partial charge on any atom is -0.387 e. The number of hydrogen-bond acceptors (Lipinski definition) is 6. The summed E-state index contributed by atoms with van der Waals surface area (Å²) >= 11 is 0. The van der Waals surface area contributed by atoms with Crippen molar-refractivity contribution in [3.63, 3.8) is 0 Å². The summed E-state index contributed by atoms with van der Waals surface area (Å²) in [5.74, 6) is 0. The summed E-state index contributed by atoms with van der Waals surface area (Å²) in [6.45, 7) is 0.859. The average molecular weight is 204 g/mol. The fourth-order valence-corrected chi connectivity index (χ4v) is 1.09. The monoisotopic (exact) mass is 204 g/mol. The van der Waals surface area contributed by atoms with Crippen molar-refractivity contribution in [3.05, 3.63) is 17.0 Å². The highest BCUT2D eigenvalue weighted by Gasteiger charge is 2.41. The van der Waals surface area contributed by atoms with Crippen LogP contribution >= 0.6 is 0 Å². The van der Waals surface area contributed by atoms with Gasteiger partial charge in [0.25, 0.3) is 0 Å². The topological polar surface area (TPSA) is 139 Å². The second-order valence-electron chi connectivity index (χ2n) is 2.83. The maximum Gasteiger partial charge on any atom is 0.161 e. The van der Waals surface area contributed by atoms with Gasteiger partial charge in [0, 0.05) is 4.91 Å². The first-order valence-electron chi connectivity index (χ1n) is 3.83. The van der Waals surface area contributed by atoms with Crippen LogP contribution in [0.2, 0.25) is 0 Å². The maximum absolute atomic E-state index is 9.31. The zero-order chi connectivity index (χ0) is 10.7. The average Bonchev–Trinajstić information content (AvgIpc) is 2.15. The predicted octanol–water partition coefficient (Wildman–Crippen LogP) is -1.74. The molecule has 1 fully saturated rings. The van der Waals surface area contributed by atoms with Crippen molar-refractivity contribution in [2.45, 2.75) is 30.6 Å². The molecule has 1 unspecified atom stereocenters. The molecule has 0 bridgehead atoms. The molecule has 1 aliphatic heterocycles. The lowest BCUT2D eigenvalue weighted by atomic mass is 9.99. The van der Waals surface area contributed by atoms with E-state index >= 15 is 0 Å². The molecule has 0 aliphatic carbocycles. The Balaban J connectivity index is 2.67. The Labute approximate surface area is 79.0 Å². The van der Waals surface area contributed by atoms with Gasteiger partial charge in [0.15, 0.2) is 6.23 Å². The largest absolute Gasteiger partial charge is 0.387 e. The first-order chi connectivity index (χ1) is 6.57. The van der Waals surface area contributed by atoms with E-state index in [-0.39, 0.29) is 0 Å². The molecular formula is C6H10N3O5. The molecule has 8 nitrogen and oxygen atoms in total. The lowest BCUT2D eigenvalue weighted by Gasteiger charge is -2.35. The zero-order valence-corrected chi connectivity index (χ0v) is 7.00. The number of hydrogen-bond donors (Lipinski definition) is 4. The quantitative estimate of drug-likeness (QED) is 0.240. The van der Waals surface area contributed by atoms with Crippen LogP contribution in [-0.4, -0.2) is 51.1 Å². The highest BCUT2D eigenvalue weighted by Crippen LogP contribution is 2.21. The molecule has 1 saturated heterocycles. The molecule has 79 valence electrons. The normalized spacial score (nSPS) is 40.0. The summed E-state index contributed by atoms with van der Waals surface area (Å²) in [5, 5.41) is 39.5. The van der Waals surface area contributed by atoms with Crippen LogP contribution in [0.25, 0.3) is 10.4 Å². The van der Waals surface area contributed by atoms with Crippen LogP contribution in [0.15, 0.2) is 5.11 Å². The molecule has 0 aromatic carbocycles. The van der Waals surface area contributed by atoms with Gasteiger partial charge in [-0.15, -0.1) is 0 Å². The second kappa shape index (κ2) is 4.56. The SMILES string of the molecule is [N-]=[N+]=NC(O)[C@H]1O[CH][C@H](O)[C@@H](O)[C@H]1O. The molecule has 0 amide bonds. The molecule has 4 N–H and O–H groups in total. The Morgan fingerprint density at radius 2 is 2.00 bits per heavy atom. The Morgan fingerprint density at radius 1 is 1.36 bits per heavy atom. The molecule has 1 heterocycles. The number of azide groups is 1. The number of nitrogens with zero attached hydrogens (tertiary/aromatic N) is 3. The number of ether oxygens (including phenoxy) is 1. The van der Waals surface area contributed by atoms with Gasteiger partial charge < -0.3 is 25.2 Å². The summed E-state index contributed by atoms with van der Waals surface area (Å²) in [5.41, 5.74) is 8.01. The van der Waals surface area contributed by atoms with Gasteiger partial charge in [0.1, 0.15) is 31.0 Å². The van der Waals surface area contributed by atoms with Gasteiger partial charge in [-0.05, 0) is 5.53 Å². The van der Waals surface area contributed by atoms with E-state index in [9.17, 15) is 10.2 Å². The molecule has 0 saturated carbocycles. The second-order valence-corrected chi connectivity index (χ2v) is 2.83. The van der Waals surface area contributed by atoms with E-state index in [1.807, 2.05) is 0 Å². The Kier molecular flexibility index (Phi) is 3.64. The van der Waals surface area contributed by atoms with Crippen molar-refractivity contribution in [1.82, 2.24) is 0 Å². The lowest BCUT2D eigenvalue weighted by molar-refractivity contribution is -0.185. The van der Waals surface area contributed by atoms with Crippen LogP contribution in [0.3, 0.4) is 0 Å². The standard InChI is InChI=1S/C6H10N3O5/c7-9-8-6(13)5-4(12)3(11)2(10)1-14-5/h1-6,10-13H/t2-,3+,4+,5-,6?/m0/s1. The summed E-state index contributed by atoms with van der Waals surface area (Å²) in [6, 6.07) is 0. The predicted molar refractivity (Wildman–Crippen MR) is 42.3 cm³/mol. The van der Waals surface area contributed by atoms with Crippen molar-refractivity contribution in [2.75, 3.05) is 0 Å². The lowest BCUT2D eigenvalue weighted by Crippen LogP contribution is -2.54. The fraction of sp³-hybridized carbons (Fsp3) is 0.833. The molecule has 0 spiro atoms. The third kappa shape index (κ3) is 2.13. The van der Waals surface area contributed by atoms with Crippen LogP contribution in [-0.2, 0) is 4.74 Å². The van der Waals surface area contributed by atoms with Gasteiger partial charge in [-0.1, -0.05) is 5.11 Å². The van der Waals surface area contributed by atoms with Crippen LogP contribution in [0.5, 0.6) is 0 Å². The minimum absolute atomic E-state index is 0.859. The number of rotatable bonds is 2. The van der Waals surface area contributed by atoms with E-state index in [1.54, 1.807) is 0 Å². The van der Waals surface area contributed by atoms with E-state index in [4.69, 9.17) is 15.7 Å². The van der Waals surface area contributed by atoms with Crippen molar-refractivity contribution >= 4 is 0 Å². The van der Waals surface area contributed by atoms with E-state index in [0.29, 0.717) is 0 Å². The number of aliphatic hydroxyl groups excluding tert-OH is 4. The molecule has 0 aromatic rings. The minimum atomic E-state index is -1.62. The summed E-state index contributed by atoms with van der Waals surface area (Å²) < 4.78 is 4.69. The molecule has 1 radical (unpaired) electrons. The molecular weight excluding hydrogens is 194 g/mol. The summed E-state index contributed by atoms with van der Waals surface area (Å²) in [4.78, 5) is 2.32. The molecule has 8 heteroatoms. The highest BCUT2D eigenvalue weighted by molar-refractivity contribution is 4.93. The van der Waals surface area contributed by atoms with Crippen LogP contribution in [0, 0.1) is 6.61 Å². The smallest absolute Gasteiger partial charge is 0.161 e. The molecule has 1 aliphatic rings. The van der Waals surface area contributed by atoms with Gasteiger partial charge in [-0.3, -0.25) is 0 Å². The maximum atomic E-state index is 9.31. The van der Waals surface area contributed by atoms with Crippen molar-refractivity contribution < 1.29 is 25.2 Å². The molecule has 0 aromatic heterocycles. The molecule has 1 rings (SSSR count). The van der Waals surface area contributed by atoms with Gasteiger partial charge in [0.05, 0.1) is 0 Å². The third-order valence-electron chi connectivity index (χ3n) is 1.88. The Morgan fingerprint density at radius 3 is 2.57 bits per heavy atom. The van der Waals surface area contributed by atoms with Gasteiger partial charge in [-0.25, -0.2) is 0 Å². The summed E-state index contributed by atoms with van der Waals surface area (Å²) in [6.07, 6.45) is -7.22. The Hall–Kier alpha value is -0.890. The first kappa shape index (κ1) is 11.2. The van der Waals surface area contributed by atoms with Crippen LogP contribution in [0.4, 0.5) is 0 Å². The Bertz CT molecular complexity index is 244. The zero-order valence-electron chi connectivity index (χ0n) is 7.00. The highest BCUT2D eigenvalue weighted by atomic mass is 16.5. The number of aliphatic hydroxyl groups is 4. The van der Waals surface area contributed by atoms with Crippen molar-refractivity contribution in [3.8, 4) is 0 Å². The van der Waals surface area contributed by atoms with Crippen molar-refractivity contribution in [2.24, 2.45) is 5.11 Å². The van der Waals surface area contributed by atoms with Crippen LogP contribution < -0.4 is 0 Å².